The van der Waals surface area contributed by atoms with Crippen molar-refractivity contribution in [3.05, 3.63) is 87.3 Å². The molecule has 1 amide bonds. The van der Waals surface area contributed by atoms with Gasteiger partial charge in [0.2, 0.25) is 0 Å². The SMILES string of the molecule is Cc1ccccc1C(=O)N1CCN(c2cnn(-c3ccccc3)c(=O)c2Cl)CC1. The molecule has 29 heavy (non-hydrogen) atoms. The molecule has 3 aromatic rings. The van der Waals surface area contributed by atoms with Gasteiger partial charge in [0.25, 0.3) is 11.5 Å². The van der Waals surface area contributed by atoms with Crippen molar-refractivity contribution >= 4 is 23.2 Å². The van der Waals surface area contributed by atoms with Gasteiger partial charge in [0.1, 0.15) is 5.02 Å². The first-order valence-electron chi connectivity index (χ1n) is 9.49. The lowest BCUT2D eigenvalue weighted by atomic mass is 10.1. The summed E-state index contributed by atoms with van der Waals surface area (Å²) < 4.78 is 1.30. The predicted octanol–water partition coefficient (Wildman–Crippen LogP) is 3.16. The molecule has 0 unspecified atom stereocenters. The fourth-order valence-corrected chi connectivity index (χ4v) is 3.78. The summed E-state index contributed by atoms with van der Waals surface area (Å²) >= 11 is 6.40. The van der Waals surface area contributed by atoms with Crippen molar-refractivity contribution in [2.45, 2.75) is 6.92 Å². The second-order valence-corrected chi connectivity index (χ2v) is 7.37. The summed E-state index contributed by atoms with van der Waals surface area (Å²) in [6.45, 7) is 4.24. The Morgan fingerprint density at radius 1 is 0.966 bits per heavy atom. The van der Waals surface area contributed by atoms with E-state index >= 15 is 0 Å². The lowest BCUT2D eigenvalue weighted by Gasteiger charge is -2.36. The number of carbonyl (C=O) groups is 1. The van der Waals surface area contributed by atoms with E-state index in [0.717, 1.165) is 11.1 Å². The minimum atomic E-state index is -0.353. The van der Waals surface area contributed by atoms with Crippen LogP contribution < -0.4 is 10.5 Å². The van der Waals surface area contributed by atoms with Gasteiger partial charge in [-0.15, -0.1) is 0 Å². The molecule has 0 N–H and O–H groups in total. The monoisotopic (exact) mass is 408 g/mol. The van der Waals surface area contributed by atoms with Gasteiger partial charge >= 0.3 is 0 Å². The highest BCUT2D eigenvalue weighted by Gasteiger charge is 2.25. The zero-order chi connectivity index (χ0) is 20.4. The first-order valence-corrected chi connectivity index (χ1v) is 9.87. The van der Waals surface area contributed by atoms with Gasteiger partial charge in [-0.05, 0) is 30.7 Å². The molecule has 0 atom stereocenters. The number of halogens is 1. The Labute approximate surface area is 173 Å². The highest BCUT2D eigenvalue weighted by Crippen LogP contribution is 2.23. The Balaban J connectivity index is 1.50. The van der Waals surface area contributed by atoms with Crippen LogP contribution in [0.5, 0.6) is 0 Å². The van der Waals surface area contributed by atoms with Gasteiger partial charge < -0.3 is 9.80 Å². The maximum Gasteiger partial charge on any atom is 0.292 e. The van der Waals surface area contributed by atoms with Crippen LogP contribution in [0.15, 0.2) is 65.6 Å². The summed E-state index contributed by atoms with van der Waals surface area (Å²) in [5.74, 6) is 0.0338. The molecular formula is C22H21ClN4O2. The molecule has 0 aliphatic carbocycles. The molecule has 1 aliphatic rings. The Morgan fingerprint density at radius 3 is 2.31 bits per heavy atom. The van der Waals surface area contributed by atoms with Crippen molar-refractivity contribution in [3.63, 3.8) is 0 Å². The van der Waals surface area contributed by atoms with Crippen molar-refractivity contribution in [1.29, 1.82) is 0 Å². The normalized spacial score (nSPS) is 14.1. The molecule has 7 heteroatoms. The molecule has 0 bridgehead atoms. The number of hydrogen-bond donors (Lipinski definition) is 0. The average molecular weight is 409 g/mol. The van der Waals surface area contributed by atoms with E-state index in [1.807, 2.05) is 59.2 Å². The number of amides is 1. The third-order valence-corrected chi connectivity index (χ3v) is 5.54. The van der Waals surface area contributed by atoms with E-state index in [4.69, 9.17) is 11.6 Å². The van der Waals surface area contributed by atoms with Gasteiger partial charge in [-0.2, -0.15) is 9.78 Å². The van der Waals surface area contributed by atoms with E-state index in [2.05, 4.69) is 5.10 Å². The van der Waals surface area contributed by atoms with Gasteiger partial charge in [-0.1, -0.05) is 48.0 Å². The van der Waals surface area contributed by atoms with Crippen LogP contribution >= 0.6 is 11.6 Å². The topological polar surface area (TPSA) is 58.4 Å². The number of carbonyl (C=O) groups excluding carboxylic acids is 1. The molecule has 4 rings (SSSR count). The highest BCUT2D eigenvalue weighted by atomic mass is 35.5. The number of aryl methyl sites for hydroxylation is 1. The van der Waals surface area contributed by atoms with Crippen LogP contribution in [0.1, 0.15) is 15.9 Å². The number of rotatable bonds is 3. The molecule has 2 aromatic carbocycles. The van der Waals surface area contributed by atoms with Crippen molar-refractivity contribution in [2.75, 3.05) is 31.1 Å². The van der Waals surface area contributed by atoms with Crippen molar-refractivity contribution < 1.29 is 4.79 Å². The summed E-state index contributed by atoms with van der Waals surface area (Å²) in [4.78, 5) is 29.4. The third kappa shape index (κ3) is 3.76. The lowest BCUT2D eigenvalue weighted by Crippen LogP contribution is -2.49. The first kappa shape index (κ1) is 19.2. The van der Waals surface area contributed by atoms with Crippen LogP contribution in [-0.4, -0.2) is 46.8 Å². The smallest absolute Gasteiger partial charge is 0.292 e. The zero-order valence-corrected chi connectivity index (χ0v) is 16.8. The summed E-state index contributed by atoms with van der Waals surface area (Å²) in [5, 5.41) is 4.44. The molecule has 1 aliphatic heterocycles. The molecule has 0 saturated carbocycles. The molecule has 148 valence electrons. The Hall–Kier alpha value is -3.12. The minimum absolute atomic E-state index is 0.0338. The van der Waals surface area contributed by atoms with E-state index < -0.39 is 0 Å². The van der Waals surface area contributed by atoms with Crippen molar-refractivity contribution in [1.82, 2.24) is 14.7 Å². The van der Waals surface area contributed by atoms with Crippen LogP contribution in [0.4, 0.5) is 5.69 Å². The van der Waals surface area contributed by atoms with E-state index in [1.165, 1.54) is 4.68 Å². The lowest BCUT2D eigenvalue weighted by molar-refractivity contribution is 0.0746. The van der Waals surface area contributed by atoms with Crippen LogP contribution in [0, 0.1) is 6.92 Å². The number of nitrogens with zero attached hydrogens (tertiary/aromatic N) is 4. The van der Waals surface area contributed by atoms with E-state index in [0.29, 0.717) is 37.6 Å². The largest absolute Gasteiger partial charge is 0.365 e. The Kier molecular flexibility index (Phi) is 5.36. The van der Waals surface area contributed by atoms with Gasteiger partial charge in [-0.25, -0.2) is 0 Å². The maximum atomic E-state index is 12.8. The number of piperazine rings is 1. The minimum Gasteiger partial charge on any atom is -0.365 e. The number of hydrogen-bond acceptors (Lipinski definition) is 4. The number of para-hydroxylation sites is 1. The zero-order valence-electron chi connectivity index (χ0n) is 16.1. The fourth-order valence-electron chi connectivity index (χ4n) is 3.53. The molecule has 2 heterocycles. The molecule has 1 fully saturated rings. The Morgan fingerprint density at radius 2 is 1.62 bits per heavy atom. The number of benzene rings is 2. The quantitative estimate of drug-likeness (QED) is 0.668. The molecule has 6 nitrogen and oxygen atoms in total. The van der Waals surface area contributed by atoms with E-state index in [1.54, 1.807) is 18.3 Å². The Bertz CT molecular complexity index is 1090. The molecule has 0 radical (unpaired) electrons. The number of aromatic nitrogens is 2. The van der Waals surface area contributed by atoms with Gasteiger partial charge in [0.15, 0.2) is 0 Å². The second-order valence-electron chi connectivity index (χ2n) is 6.99. The standard InChI is InChI=1S/C22H21ClN4O2/c1-16-7-5-6-10-18(16)21(28)26-13-11-25(12-14-26)19-15-24-27(22(29)20(19)23)17-8-3-2-4-9-17/h2-10,15H,11-14H2,1H3. The average Bonchev–Trinajstić information content (AvgIpc) is 2.76. The van der Waals surface area contributed by atoms with Crippen molar-refractivity contribution in [2.24, 2.45) is 0 Å². The van der Waals surface area contributed by atoms with Gasteiger partial charge in [-0.3, -0.25) is 9.59 Å². The van der Waals surface area contributed by atoms with Crippen LogP contribution in [0.2, 0.25) is 5.02 Å². The molecular weight excluding hydrogens is 388 g/mol. The van der Waals surface area contributed by atoms with Crippen LogP contribution in [0.25, 0.3) is 5.69 Å². The van der Waals surface area contributed by atoms with Gasteiger partial charge in [0, 0.05) is 31.7 Å². The summed E-state index contributed by atoms with van der Waals surface area (Å²) in [6, 6.07) is 16.8. The third-order valence-electron chi connectivity index (χ3n) is 5.18. The summed E-state index contributed by atoms with van der Waals surface area (Å²) in [5.41, 5.74) is 2.61. The fraction of sp³-hybridized carbons (Fsp3) is 0.227. The van der Waals surface area contributed by atoms with E-state index in [-0.39, 0.29) is 16.5 Å². The molecule has 0 spiro atoms. The predicted molar refractivity (Wildman–Crippen MR) is 114 cm³/mol. The first-order chi connectivity index (χ1) is 14.1. The second kappa shape index (κ2) is 8.09. The summed E-state index contributed by atoms with van der Waals surface area (Å²) in [6.07, 6.45) is 1.62. The van der Waals surface area contributed by atoms with Crippen LogP contribution in [0.3, 0.4) is 0 Å². The van der Waals surface area contributed by atoms with Gasteiger partial charge in [0.05, 0.1) is 17.6 Å². The summed E-state index contributed by atoms with van der Waals surface area (Å²) in [7, 11) is 0. The highest BCUT2D eigenvalue weighted by molar-refractivity contribution is 6.33. The molecule has 1 aromatic heterocycles. The maximum absolute atomic E-state index is 12.8. The number of anilines is 1. The van der Waals surface area contributed by atoms with Crippen LogP contribution in [-0.2, 0) is 0 Å². The van der Waals surface area contributed by atoms with E-state index in [9.17, 15) is 9.59 Å². The van der Waals surface area contributed by atoms with Crippen molar-refractivity contribution in [3.8, 4) is 5.69 Å². The molecule has 1 saturated heterocycles.